The van der Waals surface area contributed by atoms with Crippen molar-refractivity contribution in [3.8, 4) is 34.0 Å². The van der Waals surface area contributed by atoms with Crippen LogP contribution in [0, 0.1) is 13.8 Å². The summed E-state index contributed by atoms with van der Waals surface area (Å²) in [5, 5.41) is 12.2. The second kappa shape index (κ2) is 8.83. The van der Waals surface area contributed by atoms with Gasteiger partial charge in [-0.1, -0.05) is 12.1 Å². The van der Waals surface area contributed by atoms with Crippen LogP contribution in [0.25, 0.3) is 22.5 Å². The van der Waals surface area contributed by atoms with Gasteiger partial charge in [-0.15, -0.1) is 10.2 Å². The molecule has 0 spiro atoms. The minimum Gasteiger partial charge on any atom is -0.497 e. The molecule has 3 aromatic carbocycles. The third-order valence-corrected chi connectivity index (χ3v) is 5.26. The lowest BCUT2D eigenvalue weighted by Gasteiger charge is -2.13. The van der Waals surface area contributed by atoms with E-state index in [1.165, 1.54) is 5.56 Å². The van der Waals surface area contributed by atoms with Gasteiger partial charge in [0.05, 0.1) is 14.2 Å². The molecule has 4 rings (SSSR count). The van der Waals surface area contributed by atoms with Crippen molar-refractivity contribution < 1.29 is 9.47 Å². The molecule has 0 unspecified atom stereocenters. The van der Waals surface area contributed by atoms with Crippen molar-refractivity contribution in [2.45, 2.75) is 13.8 Å². The molecule has 0 saturated heterocycles. The zero-order chi connectivity index (χ0) is 21.8. The van der Waals surface area contributed by atoms with Gasteiger partial charge in [0.15, 0.2) is 0 Å². The van der Waals surface area contributed by atoms with E-state index < -0.39 is 0 Å². The summed E-state index contributed by atoms with van der Waals surface area (Å²) in [4.78, 5) is 4.83. The Kier molecular flexibility index (Phi) is 5.80. The van der Waals surface area contributed by atoms with Crippen LogP contribution in [0.15, 0.2) is 66.7 Å². The summed E-state index contributed by atoms with van der Waals surface area (Å²) in [6.07, 6.45) is 0. The monoisotopic (exact) mass is 412 g/mol. The molecule has 0 aliphatic carbocycles. The number of hydrogen-bond donors (Lipinski definition) is 1. The lowest BCUT2D eigenvalue weighted by atomic mass is 10.0. The molecule has 0 fully saturated rings. The average molecular weight is 412 g/mol. The number of methoxy groups -OCH3 is 2. The quantitative estimate of drug-likeness (QED) is 0.446. The van der Waals surface area contributed by atoms with Crippen molar-refractivity contribution in [1.82, 2.24) is 15.2 Å². The van der Waals surface area contributed by atoms with Crippen molar-refractivity contribution in [3.63, 3.8) is 0 Å². The zero-order valence-corrected chi connectivity index (χ0v) is 18.0. The highest BCUT2D eigenvalue weighted by molar-refractivity contribution is 5.79. The fourth-order valence-electron chi connectivity index (χ4n) is 3.28. The van der Waals surface area contributed by atoms with Crippen LogP contribution in [0.3, 0.4) is 0 Å². The summed E-state index contributed by atoms with van der Waals surface area (Å²) in [7, 11) is 3.29. The van der Waals surface area contributed by atoms with Crippen molar-refractivity contribution >= 4 is 11.6 Å². The molecule has 31 heavy (non-hydrogen) atoms. The number of aryl methyl sites for hydroxylation is 1. The first-order valence-electron chi connectivity index (χ1n) is 9.96. The van der Waals surface area contributed by atoms with Crippen molar-refractivity contribution in [2.75, 3.05) is 19.5 Å². The molecule has 0 atom stereocenters. The van der Waals surface area contributed by atoms with E-state index in [0.717, 1.165) is 39.6 Å². The van der Waals surface area contributed by atoms with E-state index in [-0.39, 0.29) is 0 Å². The fraction of sp³-hybridized carbons (Fsp3) is 0.160. The third-order valence-electron chi connectivity index (χ3n) is 5.26. The second-order valence-electron chi connectivity index (χ2n) is 7.16. The highest BCUT2D eigenvalue weighted by Gasteiger charge is 2.15. The van der Waals surface area contributed by atoms with Crippen molar-refractivity contribution in [3.05, 3.63) is 77.9 Å². The Morgan fingerprint density at radius 1 is 0.677 bits per heavy atom. The van der Waals surface area contributed by atoms with E-state index in [4.69, 9.17) is 14.5 Å². The van der Waals surface area contributed by atoms with Gasteiger partial charge in [0.1, 0.15) is 22.9 Å². The first-order valence-corrected chi connectivity index (χ1v) is 9.96. The topological polar surface area (TPSA) is 69.2 Å². The summed E-state index contributed by atoms with van der Waals surface area (Å²) in [5.74, 6) is 2.01. The largest absolute Gasteiger partial charge is 0.497 e. The lowest BCUT2D eigenvalue weighted by Crippen LogP contribution is -2.04. The first-order chi connectivity index (χ1) is 15.1. The molecule has 0 amide bonds. The molecule has 6 heteroatoms. The number of nitrogens with one attached hydrogen (secondary N) is 1. The van der Waals surface area contributed by atoms with Crippen LogP contribution < -0.4 is 14.8 Å². The summed E-state index contributed by atoms with van der Waals surface area (Å²) < 4.78 is 10.6. The normalized spacial score (nSPS) is 10.6. The Morgan fingerprint density at radius 2 is 1.26 bits per heavy atom. The molecule has 0 radical (unpaired) electrons. The van der Waals surface area contributed by atoms with Gasteiger partial charge in [-0.05, 0) is 79.6 Å². The van der Waals surface area contributed by atoms with Crippen LogP contribution >= 0.6 is 0 Å². The van der Waals surface area contributed by atoms with E-state index in [1.807, 2.05) is 60.7 Å². The van der Waals surface area contributed by atoms with Gasteiger partial charge in [0, 0.05) is 16.8 Å². The van der Waals surface area contributed by atoms with Crippen LogP contribution in [0.5, 0.6) is 11.5 Å². The predicted octanol–water partition coefficient (Wildman–Crippen LogP) is 5.58. The molecule has 1 heterocycles. The van der Waals surface area contributed by atoms with E-state index in [2.05, 4.69) is 35.4 Å². The number of benzene rings is 3. The van der Waals surface area contributed by atoms with Gasteiger partial charge < -0.3 is 14.8 Å². The SMILES string of the molecule is COc1ccc(-c2nnc(Nc3cccc(C)c3C)nc2-c2ccc(OC)cc2)cc1. The Labute approximate surface area is 181 Å². The molecule has 1 aromatic heterocycles. The molecule has 0 saturated carbocycles. The smallest absolute Gasteiger partial charge is 0.247 e. The molecule has 0 aliphatic heterocycles. The molecule has 4 aromatic rings. The number of aromatic nitrogens is 3. The highest BCUT2D eigenvalue weighted by atomic mass is 16.5. The molecular formula is C25H24N4O2. The molecule has 156 valence electrons. The average Bonchev–Trinajstić information content (AvgIpc) is 2.82. The minimum atomic E-state index is 0.441. The van der Waals surface area contributed by atoms with Gasteiger partial charge in [-0.3, -0.25) is 0 Å². The van der Waals surface area contributed by atoms with Gasteiger partial charge >= 0.3 is 0 Å². The number of nitrogens with zero attached hydrogens (tertiary/aromatic N) is 3. The van der Waals surface area contributed by atoms with E-state index in [1.54, 1.807) is 14.2 Å². The van der Waals surface area contributed by atoms with E-state index in [9.17, 15) is 0 Å². The van der Waals surface area contributed by atoms with Crippen molar-refractivity contribution in [1.29, 1.82) is 0 Å². The van der Waals surface area contributed by atoms with E-state index >= 15 is 0 Å². The molecular weight excluding hydrogens is 388 g/mol. The zero-order valence-electron chi connectivity index (χ0n) is 18.0. The maximum atomic E-state index is 5.30. The van der Waals surface area contributed by atoms with Crippen LogP contribution in [0.1, 0.15) is 11.1 Å². The predicted molar refractivity (Wildman–Crippen MR) is 123 cm³/mol. The third kappa shape index (κ3) is 4.33. The van der Waals surface area contributed by atoms with Gasteiger partial charge in [0.2, 0.25) is 5.95 Å². The Bertz CT molecular complexity index is 1190. The Hall–Kier alpha value is -3.93. The maximum absolute atomic E-state index is 5.30. The number of anilines is 2. The number of hydrogen-bond acceptors (Lipinski definition) is 6. The van der Waals surface area contributed by atoms with Crippen LogP contribution in [-0.4, -0.2) is 29.4 Å². The molecule has 1 N–H and O–H groups in total. The summed E-state index contributed by atoms with van der Waals surface area (Å²) in [6.45, 7) is 4.15. The molecule has 0 aliphatic rings. The summed E-state index contributed by atoms with van der Waals surface area (Å²) in [5.41, 5.74) is 6.56. The Balaban J connectivity index is 1.79. The van der Waals surface area contributed by atoms with Crippen LogP contribution in [-0.2, 0) is 0 Å². The summed E-state index contributed by atoms with van der Waals surface area (Å²) >= 11 is 0. The van der Waals surface area contributed by atoms with Gasteiger partial charge in [0.25, 0.3) is 0 Å². The first kappa shape index (κ1) is 20.3. The lowest BCUT2D eigenvalue weighted by molar-refractivity contribution is 0.414. The molecule has 0 bridgehead atoms. The minimum absolute atomic E-state index is 0.441. The number of ether oxygens (including phenoxy) is 2. The highest BCUT2D eigenvalue weighted by Crippen LogP contribution is 2.32. The fourth-order valence-corrected chi connectivity index (χ4v) is 3.28. The number of rotatable bonds is 6. The van der Waals surface area contributed by atoms with Crippen LogP contribution in [0.4, 0.5) is 11.6 Å². The van der Waals surface area contributed by atoms with Crippen LogP contribution in [0.2, 0.25) is 0 Å². The van der Waals surface area contributed by atoms with E-state index in [0.29, 0.717) is 11.6 Å². The second-order valence-corrected chi connectivity index (χ2v) is 7.16. The Morgan fingerprint density at radius 3 is 1.84 bits per heavy atom. The van der Waals surface area contributed by atoms with Gasteiger partial charge in [-0.25, -0.2) is 4.98 Å². The standard InChI is InChI=1S/C25H24N4O2/c1-16-6-5-7-22(17(16)2)26-25-27-23(18-8-12-20(30-3)13-9-18)24(28-29-25)19-10-14-21(31-4)15-11-19/h5-15H,1-4H3,(H,26,27,29). The maximum Gasteiger partial charge on any atom is 0.247 e. The van der Waals surface area contributed by atoms with Crippen molar-refractivity contribution in [2.24, 2.45) is 0 Å². The summed E-state index contributed by atoms with van der Waals surface area (Å²) in [6, 6.07) is 21.6. The van der Waals surface area contributed by atoms with Gasteiger partial charge in [-0.2, -0.15) is 0 Å². The molecule has 6 nitrogen and oxygen atoms in total.